The van der Waals surface area contributed by atoms with E-state index in [1.165, 1.54) is 10.8 Å². The monoisotopic (exact) mass is 654 g/mol. The summed E-state index contributed by atoms with van der Waals surface area (Å²) in [6.45, 7) is 0. The minimum atomic E-state index is 0.594. The molecule has 0 bridgehead atoms. The molecular weight excluding hydrogens is 629 g/mol. The zero-order chi connectivity index (χ0) is 33.5. The Hall–Kier alpha value is -7.05. The average molecular weight is 655 g/mol. The summed E-state index contributed by atoms with van der Waals surface area (Å²) in [6.07, 6.45) is 0. The molecule has 0 saturated carbocycles. The number of furan rings is 2. The smallest absolute Gasteiger partial charge is 0.164 e. The fraction of sp³-hybridized carbons (Fsp3) is 0. The molecule has 238 valence electrons. The molecule has 0 aliphatic heterocycles. The fourth-order valence-electron chi connectivity index (χ4n) is 7.58. The SMILES string of the molecule is c1ccc(-c2nc(-c3ccccc3)nc(-c3ccc4oc5ccc6oc7c(-n8c9ccccc9c9ccccc98)cccc7c6c5c4c3)n2)cc1. The number of nitrogens with zero attached hydrogens (tertiary/aromatic N) is 4. The zero-order valence-electron chi connectivity index (χ0n) is 27.1. The first kappa shape index (κ1) is 27.9. The second kappa shape index (κ2) is 10.7. The van der Waals surface area contributed by atoms with Crippen molar-refractivity contribution < 1.29 is 8.83 Å². The van der Waals surface area contributed by atoms with Gasteiger partial charge >= 0.3 is 0 Å². The van der Waals surface area contributed by atoms with Crippen LogP contribution in [0.25, 0.3) is 106 Å². The highest BCUT2D eigenvalue weighted by Gasteiger charge is 2.21. The van der Waals surface area contributed by atoms with Gasteiger partial charge in [0.15, 0.2) is 23.1 Å². The van der Waals surface area contributed by atoms with Crippen molar-refractivity contribution >= 4 is 65.7 Å². The third-order valence-electron chi connectivity index (χ3n) is 9.85. The van der Waals surface area contributed by atoms with Gasteiger partial charge in [-0.2, -0.15) is 0 Å². The number of hydrogen-bond donors (Lipinski definition) is 0. The van der Waals surface area contributed by atoms with E-state index < -0.39 is 0 Å². The van der Waals surface area contributed by atoms with Crippen LogP contribution in [0.4, 0.5) is 0 Å². The van der Waals surface area contributed by atoms with Crippen LogP contribution in [0, 0.1) is 0 Å². The molecule has 0 spiro atoms. The maximum atomic E-state index is 6.78. The van der Waals surface area contributed by atoms with E-state index in [4.69, 9.17) is 23.8 Å². The van der Waals surface area contributed by atoms with Gasteiger partial charge in [0.05, 0.1) is 16.7 Å². The first-order valence-corrected chi connectivity index (χ1v) is 16.9. The van der Waals surface area contributed by atoms with Crippen molar-refractivity contribution in [2.45, 2.75) is 0 Å². The van der Waals surface area contributed by atoms with Crippen LogP contribution < -0.4 is 0 Å². The summed E-state index contributed by atoms with van der Waals surface area (Å²) in [5.41, 5.74) is 9.21. The molecule has 0 atom stereocenters. The van der Waals surface area contributed by atoms with E-state index in [2.05, 4.69) is 77.4 Å². The van der Waals surface area contributed by atoms with Gasteiger partial charge in [-0.1, -0.05) is 109 Å². The molecule has 0 amide bonds. The topological polar surface area (TPSA) is 69.9 Å². The third kappa shape index (κ3) is 4.20. The molecule has 7 aromatic carbocycles. The van der Waals surface area contributed by atoms with E-state index in [9.17, 15) is 0 Å². The molecule has 11 rings (SSSR count). The second-order valence-corrected chi connectivity index (χ2v) is 12.8. The summed E-state index contributed by atoms with van der Waals surface area (Å²) in [7, 11) is 0. The molecular formula is C45H26N4O2. The van der Waals surface area contributed by atoms with Crippen LogP contribution >= 0.6 is 0 Å². The largest absolute Gasteiger partial charge is 0.456 e. The van der Waals surface area contributed by atoms with Gasteiger partial charge < -0.3 is 13.4 Å². The van der Waals surface area contributed by atoms with Crippen LogP contribution in [0.2, 0.25) is 0 Å². The lowest BCUT2D eigenvalue weighted by Gasteiger charge is -2.08. The van der Waals surface area contributed by atoms with Crippen LogP contribution in [0.3, 0.4) is 0 Å². The molecule has 0 aliphatic rings. The highest BCUT2D eigenvalue weighted by atomic mass is 16.3. The van der Waals surface area contributed by atoms with Crippen LogP contribution in [0.1, 0.15) is 0 Å². The number of rotatable bonds is 4. The van der Waals surface area contributed by atoms with Gasteiger partial charge in [0, 0.05) is 49.0 Å². The number of aromatic nitrogens is 4. The summed E-state index contributed by atoms with van der Waals surface area (Å²) < 4.78 is 15.6. The number of benzene rings is 7. The van der Waals surface area contributed by atoms with Gasteiger partial charge in [0.2, 0.25) is 0 Å². The molecule has 0 fully saturated rings. The van der Waals surface area contributed by atoms with E-state index in [0.29, 0.717) is 17.5 Å². The summed E-state index contributed by atoms with van der Waals surface area (Å²) in [6, 6.07) is 53.7. The summed E-state index contributed by atoms with van der Waals surface area (Å²) in [5, 5.41) is 6.44. The summed E-state index contributed by atoms with van der Waals surface area (Å²) in [4.78, 5) is 14.9. The Morgan fingerprint density at radius 2 is 0.882 bits per heavy atom. The molecule has 0 unspecified atom stereocenters. The highest BCUT2D eigenvalue weighted by molar-refractivity contribution is 6.27. The zero-order valence-corrected chi connectivity index (χ0v) is 27.1. The summed E-state index contributed by atoms with van der Waals surface area (Å²) >= 11 is 0. The molecule has 4 aromatic heterocycles. The molecule has 4 heterocycles. The molecule has 11 aromatic rings. The molecule has 51 heavy (non-hydrogen) atoms. The maximum Gasteiger partial charge on any atom is 0.164 e. The predicted octanol–water partition coefficient (Wildman–Crippen LogP) is 11.8. The number of hydrogen-bond acceptors (Lipinski definition) is 5. The normalized spacial score (nSPS) is 11.9. The number of fused-ring (bicyclic) bond motifs is 10. The molecule has 0 N–H and O–H groups in total. The van der Waals surface area contributed by atoms with Crippen LogP contribution in [0.5, 0.6) is 0 Å². The van der Waals surface area contributed by atoms with Crippen molar-refractivity contribution in [3.05, 3.63) is 158 Å². The Morgan fingerprint density at radius 3 is 1.53 bits per heavy atom. The Bertz CT molecular complexity index is 3030. The van der Waals surface area contributed by atoms with E-state index in [1.54, 1.807) is 0 Å². The van der Waals surface area contributed by atoms with E-state index in [0.717, 1.165) is 77.3 Å². The van der Waals surface area contributed by atoms with Crippen molar-refractivity contribution in [2.24, 2.45) is 0 Å². The number of para-hydroxylation sites is 3. The average Bonchev–Trinajstić information content (AvgIpc) is 3.87. The first-order valence-electron chi connectivity index (χ1n) is 16.9. The fourth-order valence-corrected chi connectivity index (χ4v) is 7.58. The van der Waals surface area contributed by atoms with Gasteiger partial charge in [-0.05, 0) is 48.5 Å². The quantitative estimate of drug-likeness (QED) is 0.189. The van der Waals surface area contributed by atoms with Gasteiger partial charge in [-0.25, -0.2) is 15.0 Å². The molecule has 0 aliphatic carbocycles. The van der Waals surface area contributed by atoms with E-state index in [1.807, 2.05) is 84.9 Å². The van der Waals surface area contributed by atoms with Crippen molar-refractivity contribution in [1.82, 2.24) is 19.5 Å². The van der Waals surface area contributed by atoms with Crippen LogP contribution in [-0.2, 0) is 0 Å². The lowest BCUT2D eigenvalue weighted by Crippen LogP contribution is -2.00. The Kier molecular flexibility index (Phi) is 5.86. The molecule has 0 radical (unpaired) electrons. The Morgan fingerprint density at radius 1 is 0.373 bits per heavy atom. The van der Waals surface area contributed by atoms with Crippen molar-refractivity contribution in [1.29, 1.82) is 0 Å². The maximum absolute atomic E-state index is 6.78. The third-order valence-corrected chi connectivity index (χ3v) is 9.85. The summed E-state index contributed by atoms with van der Waals surface area (Å²) in [5.74, 6) is 1.84. The van der Waals surface area contributed by atoms with Crippen molar-refractivity contribution in [3.63, 3.8) is 0 Å². The minimum absolute atomic E-state index is 0.594. The van der Waals surface area contributed by atoms with Gasteiger partial charge in [0.25, 0.3) is 0 Å². The minimum Gasteiger partial charge on any atom is -0.456 e. The first-order chi connectivity index (χ1) is 25.3. The van der Waals surface area contributed by atoms with Crippen LogP contribution in [-0.4, -0.2) is 19.5 Å². The Balaban J connectivity index is 1.16. The van der Waals surface area contributed by atoms with Gasteiger partial charge in [0.1, 0.15) is 16.7 Å². The molecule has 6 nitrogen and oxygen atoms in total. The predicted molar refractivity (Wildman–Crippen MR) is 205 cm³/mol. The highest BCUT2D eigenvalue weighted by Crippen LogP contribution is 2.43. The van der Waals surface area contributed by atoms with Gasteiger partial charge in [-0.3, -0.25) is 0 Å². The van der Waals surface area contributed by atoms with E-state index in [-0.39, 0.29) is 0 Å². The second-order valence-electron chi connectivity index (χ2n) is 12.8. The molecule has 6 heteroatoms. The lowest BCUT2D eigenvalue weighted by molar-refractivity contribution is 0.661. The van der Waals surface area contributed by atoms with Gasteiger partial charge in [-0.15, -0.1) is 0 Å². The standard InChI is InChI=1S/C45H26N4O2/c1-3-12-27(13-4-1)43-46-44(28-14-5-2-6-15-28)48-45(47-43)29-22-23-37-33(26-29)41-38(50-37)24-25-39-40(41)32-18-11-21-36(42(32)51-39)49-34-19-9-7-16-30(34)31-17-8-10-20-35(31)49/h1-26H. The lowest BCUT2D eigenvalue weighted by atomic mass is 10.0. The van der Waals surface area contributed by atoms with E-state index >= 15 is 0 Å². The van der Waals surface area contributed by atoms with Crippen LogP contribution in [0.15, 0.2) is 167 Å². The molecule has 0 saturated heterocycles. The van der Waals surface area contributed by atoms with Crippen molar-refractivity contribution in [2.75, 3.05) is 0 Å². The Labute approximate surface area is 290 Å². The van der Waals surface area contributed by atoms with Crippen molar-refractivity contribution in [3.8, 4) is 39.9 Å².